The van der Waals surface area contributed by atoms with Crippen LogP contribution >= 0.6 is 31.9 Å². The predicted octanol–water partition coefficient (Wildman–Crippen LogP) is 4.62. The summed E-state index contributed by atoms with van der Waals surface area (Å²) in [7, 11) is -1.91. The van der Waals surface area contributed by atoms with E-state index < -0.39 is 8.07 Å². The highest BCUT2D eigenvalue weighted by Gasteiger charge is 2.43. The molecule has 14 heavy (non-hydrogen) atoms. The van der Waals surface area contributed by atoms with Crippen molar-refractivity contribution in [2.75, 3.05) is 0 Å². The molecular formula is C10H18Br2OSi. The Balaban J connectivity index is 5.16. The van der Waals surface area contributed by atoms with Crippen LogP contribution in [0.5, 0.6) is 0 Å². The Bertz CT molecular complexity index is 270. The van der Waals surface area contributed by atoms with E-state index in [1.54, 1.807) is 0 Å². The smallest absolute Gasteiger partial charge is 0.148 e. The molecule has 0 aliphatic rings. The van der Waals surface area contributed by atoms with Gasteiger partial charge in [-0.15, -0.1) is 0 Å². The average molecular weight is 342 g/mol. The molecule has 0 spiro atoms. The molecular weight excluding hydrogens is 324 g/mol. The summed E-state index contributed by atoms with van der Waals surface area (Å²) in [6, 6.07) is 0. The van der Waals surface area contributed by atoms with Crippen LogP contribution in [0, 0.1) is 0 Å². The zero-order chi connectivity index (χ0) is 11.7. The molecule has 0 aromatic rings. The Hall–Kier alpha value is 0.587. The molecule has 0 saturated heterocycles. The summed E-state index contributed by atoms with van der Waals surface area (Å²) in [6.45, 7) is 12.5. The minimum Gasteiger partial charge on any atom is -0.299 e. The molecule has 0 rings (SSSR count). The van der Waals surface area contributed by atoms with Crippen LogP contribution in [0.3, 0.4) is 0 Å². The number of carbonyl (C=O) groups is 1. The van der Waals surface area contributed by atoms with Crippen LogP contribution in [0.4, 0.5) is 0 Å². The predicted molar refractivity (Wildman–Crippen MR) is 72.8 cm³/mol. The van der Waals surface area contributed by atoms with Gasteiger partial charge in [-0.3, -0.25) is 4.79 Å². The van der Waals surface area contributed by atoms with Crippen LogP contribution in [-0.2, 0) is 4.79 Å². The summed E-state index contributed by atoms with van der Waals surface area (Å²) in [5.74, 6) is 0. The number of rotatable bonds is 2. The zero-order valence-electron chi connectivity index (χ0n) is 9.66. The minimum absolute atomic E-state index is 0.0888. The minimum atomic E-state index is -1.91. The third kappa shape index (κ3) is 3.04. The number of halogens is 2. The highest BCUT2D eigenvalue weighted by Crippen LogP contribution is 2.39. The van der Waals surface area contributed by atoms with Crippen LogP contribution in [0.25, 0.3) is 0 Å². The van der Waals surface area contributed by atoms with Gasteiger partial charge in [-0.2, -0.15) is 0 Å². The van der Waals surface area contributed by atoms with E-state index in [1.807, 2.05) is 6.92 Å². The van der Waals surface area contributed by atoms with Gasteiger partial charge in [0.05, 0.1) is 4.48 Å². The molecule has 0 bridgehead atoms. The van der Waals surface area contributed by atoms with Gasteiger partial charge in [-0.1, -0.05) is 49.8 Å². The van der Waals surface area contributed by atoms with Gasteiger partial charge in [0, 0.05) is 4.48 Å². The van der Waals surface area contributed by atoms with Gasteiger partial charge in [-0.25, -0.2) is 0 Å². The van der Waals surface area contributed by atoms with E-state index in [4.69, 9.17) is 0 Å². The lowest BCUT2D eigenvalue weighted by molar-refractivity contribution is -0.109. The molecule has 0 amide bonds. The average Bonchev–Trinajstić information content (AvgIpc) is 1.99. The first-order valence-electron chi connectivity index (χ1n) is 4.58. The number of carbonyl (C=O) groups excluding carboxylic acids is 1. The normalized spacial score (nSPS) is 15.1. The Morgan fingerprint density at radius 3 is 1.71 bits per heavy atom. The molecule has 0 heterocycles. The van der Waals surface area contributed by atoms with Crippen LogP contribution in [0.1, 0.15) is 27.7 Å². The second kappa shape index (κ2) is 4.62. The molecule has 4 heteroatoms. The van der Waals surface area contributed by atoms with Crippen LogP contribution < -0.4 is 0 Å². The van der Waals surface area contributed by atoms with E-state index in [2.05, 4.69) is 65.7 Å². The Labute approximate surface area is 105 Å². The number of hydrogen-bond acceptors (Lipinski definition) is 1. The fraction of sp³-hybridized carbons (Fsp3) is 0.700. The molecule has 1 nitrogen and oxygen atoms in total. The maximum atomic E-state index is 12.2. The van der Waals surface area contributed by atoms with Gasteiger partial charge < -0.3 is 0 Å². The Morgan fingerprint density at radius 2 is 1.50 bits per heavy atom. The van der Waals surface area contributed by atoms with Gasteiger partial charge in [-0.05, 0) is 27.9 Å². The lowest BCUT2D eigenvalue weighted by atomic mass is 10.2. The summed E-state index contributed by atoms with van der Waals surface area (Å²) in [5.41, 5.74) is 0. The second-order valence-corrected chi connectivity index (χ2v) is 12.2. The topological polar surface area (TPSA) is 17.1 Å². The highest BCUT2D eigenvalue weighted by molar-refractivity contribution is 9.14. The van der Waals surface area contributed by atoms with E-state index in [-0.39, 0.29) is 10.4 Å². The molecule has 82 valence electrons. The maximum Gasteiger partial charge on any atom is 0.148 e. The van der Waals surface area contributed by atoms with Crippen molar-refractivity contribution in [1.29, 1.82) is 0 Å². The summed E-state index contributed by atoms with van der Waals surface area (Å²) < 4.78 is 1.58. The Kier molecular flexibility index (Phi) is 4.81. The monoisotopic (exact) mass is 340 g/mol. The molecule has 0 aromatic heterocycles. The summed E-state index contributed by atoms with van der Waals surface area (Å²) in [4.78, 5) is 12.2. The largest absolute Gasteiger partial charge is 0.299 e. The molecule has 0 aromatic carbocycles. The quantitative estimate of drug-likeness (QED) is 0.528. The molecule has 0 fully saturated rings. The molecule has 0 saturated carbocycles. The van der Waals surface area contributed by atoms with Crippen molar-refractivity contribution in [2.45, 2.75) is 45.8 Å². The van der Waals surface area contributed by atoms with Gasteiger partial charge in [0.2, 0.25) is 0 Å². The van der Waals surface area contributed by atoms with E-state index in [0.29, 0.717) is 4.48 Å². The van der Waals surface area contributed by atoms with Gasteiger partial charge in [0.25, 0.3) is 0 Å². The molecule has 0 aliphatic carbocycles. The molecule has 0 N–H and O–H groups in total. The van der Waals surface area contributed by atoms with Crippen LogP contribution in [-0.4, -0.2) is 13.5 Å². The second-order valence-electron chi connectivity index (χ2n) is 5.05. The molecule has 0 unspecified atom stereocenters. The SMILES string of the molecule is C/C(Br)=C(\Br)C(=O)[Si](C)(C)C(C)(C)C. The van der Waals surface area contributed by atoms with Crippen molar-refractivity contribution in [3.63, 3.8) is 0 Å². The van der Waals surface area contributed by atoms with Crippen molar-refractivity contribution < 1.29 is 4.79 Å². The van der Waals surface area contributed by atoms with Gasteiger partial charge in [0.15, 0.2) is 0 Å². The van der Waals surface area contributed by atoms with E-state index in [1.165, 1.54) is 0 Å². The van der Waals surface area contributed by atoms with Crippen LogP contribution in [0.15, 0.2) is 8.96 Å². The molecule has 0 radical (unpaired) electrons. The van der Waals surface area contributed by atoms with Crippen molar-refractivity contribution in [3.05, 3.63) is 8.96 Å². The zero-order valence-corrected chi connectivity index (χ0v) is 13.8. The van der Waals surface area contributed by atoms with Crippen molar-refractivity contribution >= 4 is 45.3 Å². The van der Waals surface area contributed by atoms with E-state index in [0.717, 1.165) is 4.48 Å². The highest BCUT2D eigenvalue weighted by atomic mass is 79.9. The van der Waals surface area contributed by atoms with Gasteiger partial charge in [0.1, 0.15) is 13.5 Å². The lowest BCUT2D eigenvalue weighted by Crippen LogP contribution is -2.46. The third-order valence-corrected chi connectivity index (χ3v) is 10.3. The molecule has 0 aliphatic heterocycles. The first-order valence-corrected chi connectivity index (χ1v) is 9.17. The number of hydrogen-bond donors (Lipinski definition) is 0. The van der Waals surface area contributed by atoms with Crippen molar-refractivity contribution in [1.82, 2.24) is 0 Å². The summed E-state index contributed by atoms with van der Waals surface area (Å²) in [5, 5.41) is 0.366. The first kappa shape index (κ1) is 14.6. The van der Waals surface area contributed by atoms with Gasteiger partial charge >= 0.3 is 0 Å². The van der Waals surface area contributed by atoms with Crippen LogP contribution in [0.2, 0.25) is 18.1 Å². The standard InChI is InChI=1S/C10H18Br2OSi/c1-7(11)8(12)9(13)14(5,6)10(2,3)4/h1-6H3/b8-7+. The number of allylic oxidation sites excluding steroid dienone is 2. The van der Waals surface area contributed by atoms with Crippen molar-refractivity contribution in [3.8, 4) is 0 Å². The third-order valence-electron chi connectivity index (χ3n) is 2.94. The van der Waals surface area contributed by atoms with E-state index >= 15 is 0 Å². The molecule has 0 atom stereocenters. The first-order chi connectivity index (χ1) is 6.01. The maximum absolute atomic E-state index is 12.2. The van der Waals surface area contributed by atoms with E-state index in [9.17, 15) is 4.79 Å². The van der Waals surface area contributed by atoms with Crippen molar-refractivity contribution in [2.24, 2.45) is 0 Å². The fourth-order valence-electron chi connectivity index (χ4n) is 0.771. The Morgan fingerprint density at radius 1 is 1.14 bits per heavy atom. The summed E-state index contributed by atoms with van der Waals surface area (Å²) in [6.07, 6.45) is 0. The fourth-order valence-corrected chi connectivity index (χ4v) is 4.04. The summed E-state index contributed by atoms with van der Waals surface area (Å²) >= 11 is 6.69. The lowest BCUT2D eigenvalue weighted by Gasteiger charge is -2.35.